The monoisotopic (exact) mass is 262 g/mol. The van der Waals surface area contributed by atoms with Crippen molar-refractivity contribution >= 4 is 11.8 Å². The van der Waals surface area contributed by atoms with Crippen LogP contribution in [0.2, 0.25) is 0 Å². The third-order valence-electron chi connectivity index (χ3n) is 3.88. The summed E-state index contributed by atoms with van der Waals surface area (Å²) in [5, 5.41) is 8.93. The second-order valence-electron chi connectivity index (χ2n) is 5.19. The SMILES string of the molecule is COc1c(C)c(C)cc(C)c1C(=O)C1CC1C(=O)O. The Labute approximate surface area is 112 Å². The van der Waals surface area contributed by atoms with Crippen LogP contribution in [0.1, 0.15) is 33.5 Å². The van der Waals surface area contributed by atoms with Gasteiger partial charge in [-0.1, -0.05) is 6.07 Å². The number of ether oxygens (including phenoxy) is 1. The largest absolute Gasteiger partial charge is 0.496 e. The Morgan fingerprint density at radius 2 is 1.84 bits per heavy atom. The molecule has 0 saturated heterocycles. The van der Waals surface area contributed by atoms with Crippen molar-refractivity contribution in [2.75, 3.05) is 7.11 Å². The highest BCUT2D eigenvalue weighted by Gasteiger charge is 2.49. The fourth-order valence-electron chi connectivity index (χ4n) is 2.56. The summed E-state index contributed by atoms with van der Waals surface area (Å²) in [7, 11) is 1.54. The van der Waals surface area contributed by atoms with E-state index in [9.17, 15) is 9.59 Å². The first-order valence-corrected chi connectivity index (χ1v) is 6.30. The van der Waals surface area contributed by atoms with Gasteiger partial charge in [-0.25, -0.2) is 0 Å². The Hall–Kier alpha value is -1.84. The molecule has 0 aromatic heterocycles. The van der Waals surface area contributed by atoms with Crippen LogP contribution in [0.15, 0.2) is 6.07 Å². The summed E-state index contributed by atoms with van der Waals surface area (Å²) in [6, 6.07) is 1.95. The lowest BCUT2D eigenvalue weighted by Gasteiger charge is -2.15. The molecular formula is C15H18O4. The second-order valence-corrected chi connectivity index (χ2v) is 5.19. The minimum atomic E-state index is -0.890. The molecule has 4 heteroatoms. The van der Waals surface area contributed by atoms with Gasteiger partial charge in [0.15, 0.2) is 5.78 Å². The van der Waals surface area contributed by atoms with E-state index in [1.165, 1.54) is 0 Å². The molecule has 0 amide bonds. The molecule has 19 heavy (non-hydrogen) atoms. The summed E-state index contributed by atoms with van der Waals surface area (Å²) < 4.78 is 5.36. The van der Waals surface area contributed by atoms with E-state index in [0.29, 0.717) is 17.7 Å². The zero-order valence-corrected chi connectivity index (χ0v) is 11.6. The lowest BCUT2D eigenvalue weighted by molar-refractivity contribution is -0.138. The molecule has 0 aliphatic heterocycles. The number of carboxylic acid groups (broad SMARTS) is 1. The van der Waals surface area contributed by atoms with Gasteiger partial charge in [0, 0.05) is 5.92 Å². The van der Waals surface area contributed by atoms with Gasteiger partial charge in [-0.05, 0) is 43.9 Å². The lowest BCUT2D eigenvalue weighted by Crippen LogP contribution is -2.12. The number of benzene rings is 1. The predicted octanol–water partition coefficient (Wildman–Crippen LogP) is 2.52. The minimum Gasteiger partial charge on any atom is -0.496 e. The number of aliphatic carboxylic acids is 1. The van der Waals surface area contributed by atoms with Gasteiger partial charge >= 0.3 is 5.97 Å². The molecule has 2 unspecified atom stereocenters. The molecule has 2 atom stereocenters. The van der Waals surface area contributed by atoms with Crippen LogP contribution in [0.3, 0.4) is 0 Å². The number of hydrogen-bond acceptors (Lipinski definition) is 3. The third-order valence-corrected chi connectivity index (χ3v) is 3.88. The Morgan fingerprint density at radius 1 is 1.21 bits per heavy atom. The van der Waals surface area contributed by atoms with E-state index in [2.05, 4.69) is 0 Å². The first-order chi connectivity index (χ1) is 8.88. The van der Waals surface area contributed by atoms with Gasteiger partial charge in [0.1, 0.15) is 5.75 Å². The van der Waals surface area contributed by atoms with Crippen LogP contribution in [0.4, 0.5) is 0 Å². The molecule has 0 bridgehead atoms. The fraction of sp³-hybridized carbons (Fsp3) is 0.467. The maximum atomic E-state index is 12.4. The summed E-state index contributed by atoms with van der Waals surface area (Å²) >= 11 is 0. The maximum absolute atomic E-state index is 12.4. The summed E-state index contributed by atoms with van der Waals surface area (Å²) in [6.07, 6.45) is 0.434. The molecule has 1 fully saturated rings. The Kier molecular flexibility index (Phi) is 3.35. The highest BCUT2D eigenvalue weighted by atomic mass is 16.5. The maximum Gasteiger partial charge on any atom is 0.307 e. The number of carbonyl (C=O) groups is 2. The van der Waals surface area contributed by atoms with Crippen molar-refractivity contribution in [3.05, 3.63) is 28.3 Å². The zero-order valence-electron chi connectivity index (χ0n) is 11.6. The highest BCUT2D eigenvalue weighted by molar-refractivity contribution is 6.06. The molecule has 1 aromatic carbocycles. The van der Waals surface area contributed by atoms with Gasteiger partial charge < -0.3 is 9.84 Å². The van der Waals surface area contributed by atoms with Crippen LogP contribution in [0, 0.1) is 32.6 Å². The molecule has 2 rings (SSSR count). The minimum absolute atomic E-state index is 0.107. The number of Topliss-reactive ketones (excluding diaryl/α,β-unsaturated/α-hetero) is 1. The van der Waals surface area contributed by atoms with E-state index >= 15 is 0 Å². The molecule has 0 radical (unpaired) electrons. The van der Waals surface area contributed by atoms with Crippen molar-refractivity contribution in [1.29, 1.82) is 0 Å². The normalized spacial score (nSPS) is 21.1. The van der Waals surface area contributed by atoms with Gasteiger partial charge in [0.05, 0.1) is 18.6 Å². The molecule has 1 aliphatic rings. The standard InChI is InChI=1S/C15H18O4/c1-7-5-8(2)12(14(19-4)9(7)3)13(16)10-6-11(10)15(17)18/h5,10-11H,6H2,1-4H3,(H,17,18). The van der Waals surface area contributed by atoms with Crippen molar-refractivity contribution in [3.8, 4) is 5.75 Å². The number of ketones is 1. The van der Waals surface area contributed by atoms with Gasteiger partial charge in [0.25, 0.3) is 0 Å². The van der Waals surface area contributed by atoms with Crippen molar-refractivity contribution in [1.82, 2.24) is 0 Å². The summed E-state index contributed by atoms with van der Waals surface area (Å²) in [4.78, 5) is 23.3. The number of hydrogen-bond donors (Lipinski definition) is 1. The molecule has 4 nitrogen and oxygen atoms in total. The zero-order chi connectivity index (χ0) is 14.3. The van der Waals surface area contributed by atoms with Crippen molar-refractivity contribution in [2.24, 2.45) is 11.8 Å². The average Bonchev–Trinajstić information content (AvgIpc) is 3.12. The van der Waals surface area contributed by atoms with E-state index in [1.807, 2.05) is 26.8 Å². The fourth-order valence-corrected chi connectivity index (χ4v) is 2.56. The smallest absolute Gasteiger partial charge is 0.307 e. The highest BCUT2D eigenvalue weighted by Crippen LogP contribution is 2.44. The molecule has 1 saturated carbocycles. The van der Waals surface area contributed by atoms with E-state index in [0.717, 1.165) is 16.7 Å². The van der Waals surface area contributed by atoms with Crippen LogP contribution in [-0.4, -0.2) is 24.0 Å². The molecule has 0 heterocycles. The number of aryl methyl sites for hydroxylation is 2. The quantitative estimate of drug-likeness (QED) is 0.847. The van der Waals surface area contributed by atoms with Gasteiger partial charge in [-0.3, -0.25) is 9.59 Å². The number of methoxy groups -OCH3 is 1. The molecule has 1 aromatic rings. The van der Waals surface area contributed by atoms with E-state index < -0.39 is 17.8 Å². The van der Waals surface area contributed by atoms with Crippen LogP contribution < -0.4 is 4.74 Å². The van der Waals surface area contributed by atoms with E-state index in [1.54, 1.807) is 7.11 Å². The number of carboxylic acids is 1. The van der Waals surface area contributed by atoms with Crippen LogP contribution in [-0.2, 0) is 4.79 Å². The average molecular weight is 262 g/mol. The van der Waals surface area contributed by atoms with Crippen LogP contribution in [0.25, 0.3) is 0 Å². The predicted molar refractivity (Wildman–Crippen MR) is 70.8 cm³/mol. The topological polar surface area (TPSA) is 63.6 Å². The van der Waals surface area contributed by atoms with Gasteiger partial charge in [0.2, 0.25) is 0 Å². The number of carbonyl (C=O) groups excluding carboxylic acids is 1. The first-order valence-electron chi connectivity index (χ1n) is 6.30. The van der Waals surface area contributed by atoms with Crippen molar-refractivity contribution in [3.63, 3.8) is 0 Å². The molecule has 1 N–H and O–H groups in total. The lowest BCUT2D eigenvalue weighted by atomic mass is 9.94. The Balaban J connectivity index is 2.43. The van der Waals surface area contributed by atoms with Crippen molar-refractivity contribution in [2.45, 2.75) is 27.2 Å². The Bertz CT molecular complexity index is 560. The van der Waals surface area contributed by atoms with Crippen LogP contribution >= 0.6 is 0 Å². The number of rotatable bonds is 4. The second kappa shape index (κ2) is 4.68. The summed E-state index contributed by atoms with van der Waals surface area (Å²) in [6.45, 7) is 5.74. The molecule has 1 aliphatic carbocycles. The molecule has 0 spiro atoms. The third kappa shape index (κ3) is 2.23. The van der Waals surface area contributed by atoms with Gasteiger partial charge in [-0.2, -0.15) is 0 Å². The first kappa shape index (κ1) is 13.6. The van der Waals surface area contributed by atoms with Crippen molar-refractivity contribution < 1.29 is 19.4 Å². The van der Waals surface area contributed by atoms with E-state index in [4.69, 9.17) is 9.84 Å². The van der Waals surface area contributed by atoms with Crippen LogP contribution in [0.5, 0.6) is 5.75 Å². The van der Waals surface area contributed by atoms with E-state index in [-0.39, 0.29) is 5.78 Å². The summed E-state index contributed by atoms with van der Waals surface area (Å²) in [5.74, 6) is -1.34. The van der Waals surface area contributed by atoms with Gasteiger partial charge in [-0.15, -0.1) is 0 Å². The Morgan fingerprint density at radius 3 is 2.32 bits per heavy atom. The molecular weight excluding hydrogens is 244 g/mol. The summed E-state index contributed by atoms with van der Waals surface area (Å²) in [5.41, 5.74) is 3.39. The molecule has 102 valence electrons.